The van der Waals surface area contributed by atoms with Crippen molar-refractivity contribution in [3.05, 3.63) is 65.0 Å². The normalized spacial score (nSPS) is 16.8. The minimum Gasteiger partial charge on any atom is -0.354 e. The Hall–Kier alpha value is -3.62. The molecule has 3 aromatic rings. The monoisotopic (exact) mass is 540 g/mol. The smallest absolute Gasteiger partial charge is 0.163 e. The molecule has 210 valence electrons. The van der Waals surface area contributed by atoms with E-state index in [1.54, 1.807) is 6.20 Å². The van der Waals surface area contributed by atoms with Crippen molar-refractivity contribution in [3.8, 4) is 11.1 Å². The lowest BCUT2D eigenvalue weighted by Gasteiger charge is -2.35. The number of carbonyl (C=O) groups is 2. The van der Waals surface area contributed by atoms with Gasteiger partial charge in [-0.2, -0.15) is 5.10 Å². The molecule has 1 saturated heterocycles. The highest BCUT2D eigenvalue weighted by atomic mass is 16.1. The van der Waals surface area contributed by atoms with Crippen LogP contribution in [0, 0.1) is 0 Å². The summed E-state index contributed by atoms with van der Waals surface area (Å²) in [6.45, 7) is 13.6. The number of nitrogens with zero attached hydrogens (tertiary/aromatic N) is 5. The average Bonchev–Trinajstić information content (AvgIpc) is 3.37. The van der Waals surface area contributed by atoms with Crippen LogP contribution in [0.25, 0.3) is 22.0 Å². The van der Waals surface area contributed by atoms with Gasteiger partial charge in [0, 0.05) is 80.9 Å². The van der Waals surface area contributed by atoms with E-state index < -0.39 is 0 Å². The largest absolute Gasteiger partial charge is 0.354 e. The number of ketones is 2. The van der Waals surface area contributed by atoms with Crippen LogP contribution in [-0.2, 0) is 4.79 Å². The van der Waals surface area contributed by atoms with E-state index in [1.165, 1.54) is 0 Å². The standard InChI is InChI=1S/C32H40N6O2/c1-21(2)38-29-18-25(24-5-8-32(34-19-24)37-13-11-36(10-9-33)12-14-37)17-27(28(29)20-35-38)30(39)7-6-26-23(4)15-22(3)16-31(26)40/h5,8,15,17-21H,6-7,9-14,16,33H2,1-4H3. The van der Waals surface area contributed by atoms with Crippen molar-refractivity contribution in [1.29, 1.82) is 0 Å². The number of nitrogens with two attached hydrogens (primary N) is 1. The molecule has 0 atom stereocenters. The Balaban J connectivity index is 1.42. The van der Waals surface area contributed by atoms with E-state index in [4.69, 9.17) is 10.7 Å². The predicted octanol–water partition coefficient (Wildman–Crippen LogP) is 4.96. The van der Waals surface area contributed by atoms with Crippen LogP contribution < -0.4 is 10.6 Å². The number of allylic oxidation sites excluding steroid dienone is 4. The number of hydrogen-bond acceptors (Lipinski definition) is 7. The molecule has 1 aromatic carbocycles. The van der Waals surface area contributed by atoms with Gasteiger partial charge in [-0.3, -0.25) is 19.2 Å². The first-order valence-electron chi connectivity index (χ1n) is 14.3. The van der Waals surface area contributed by atoms with Crippen molar-refractivity contribution in [3.63, 3.8) is 0 Å². The van der Waals surface area contributed by atoms with Crippen LogP contribution in [0.5, 0.6) is 0 Å². The molecule has 0 spiro atoms. The summed E-state index contributed by atoms with van der Waals surface area (Å²) < 4.78 is 1.96. The van der Waals surface area contributed by atoms with Gasteiger partial charge in [0.25, 0.3) is 0 Å². The van der Waals surface area contributed by atoms with Gasteiger partial charge in [-0.25, -0.2) is 4.98 Å². The molecule has 0 saturated carbocycles. The lowest BCUT2D eigenvalue weighted by molar-refractivity contribution is -0.115. The molecule has 3 heterocycles. The van der Waals surface area contributed by atoms with Gasteiger partial charge in [0.05, 0.1) is 11.7 Å². The van der Waals surface area contributed by atoms with Crippen LogP contribution >= 0.6 is 0 Å². The fraction of sp³-hybridized carbons (Fsp3) is 0.438. The number of fused-ring (bicyclic) bond motifs is 1. The summed E-state index contributed by atoms with van der Waals surface area (Å²) in [5.74, 6) is 1.11. The maximum absolute atomic E-state index is 13.7. The van der Waals surface area contributed by atoms with E-state index >= 15 is 0 Å². The van der Waals surface area contributed by atoms with Gasteiger partial charge in [-0.1, -0.05) is 11.6 Å². The van der Waals surface area contributed by atoms with Crippen LogP contribution in [0.3, 0.4) is 0 Å². The Morgan fingerprint density at radius 3 is 2.48 bits per heavy atom. The number of piperazine rings is 1. The summed E-state index contributed by atoms with van der Waals surface area (Å²) in [7, 11) is 0. The minimum absolute atomic E-state index is 0.0226. The summed E-state index contributed by atoms with van der Waals surface area (Å²) in [5.41, 5.74) is 12.0. The Bertz CT molecular complexity index is 1470. The first kappa shape index (κ1) is 27.9. The van der Waals surface area contributed by atoms with E-state index in [0.717, 1.165) is 77.3 Å². The van der Waals surface area contributed by atoms with Crippen molar-refractivity contribution in [1.82, 2.24) is 19.7 Å². The molecule has 2 aromatic heterocycles. The molecule has 0 amide bonds. The summed E-state index contributed by atoms with van der Waals surface area (Å²) in [4.78, 5) is 35.8. The molecule has 8 heteroatoms. The fourth-order valence-electron chi connectivity index (χ4n) is 5.88. The highest BCUT2D eigenvalue weighted by Crippen LogP contribution is 2.32. The molecule has 2 aliphatic rings. The zero-order valence-corrected chi connectivity index (χ0v) is 24.1. The third kappa shape index (κ3) is 5.78. The van der Waals surface area contributed by atoms with Gasteiger partial charge < -0.3 is 10.6 Å². The molecule has 8 nitrogen and oxygen atoms in total. The van der Waals surface area contributed by atoms with Crippen LogP contribution in [0.2, 0.25) is 0 Å². The van der Waals surface area contributed by atoms with Crippen molar-refractivity contribution in [2.24, 2.45) is 5.73 Å². The third-order valence-electron chi connectivity index (χ3n) is 8.05. The zero-order chi connectivity index (χ0) is 28.4. The number of anilines is 1. The Labute approximate surface area is 236 Å². The van der Waals surface area contributed by atoms with Crippen molar-refractivity contribution >= 4 is 28.3 Å². The third-order valence-corrected chi connectivity index (χ3v) is 8.05. The number of aromatic nitrogens is 3. The first-order valence-corrected chi connectivity index (χ1v) is 14.3. The van der Waals surface area contributed by atoms with Crippen LogP contribution in [-0.4, -0.2) is 70.5 Å². The SMILES string of the molecule is CC1=CC(C)=C(CCC(=O)c2cc(-c3ccc(N4CCN(CCN)CC4)nc3)cc3c2cnn3C(C)C)C(=O)C1. The summed E-state index contributed by atoms with van der Waals surface area (Å²) in [6, 6.07) is 8.37. The van der Waals surface area contributed by atoms with Gasteiger partial charge in [0.2, 0.25) is 0 Å². The topological polar surface area (TPSA) is 97.3 Å². The molecule has 1 fully saturated rings. The van der Waals surface area contributed by atoms with Gasteiger partial charge in [-0.05, 0) is 75.1 Å². The second-order valence-corrected chi connectivity index (χ2v) is 11.3. The van der Waals surface area contributed by atoms with E-state index in [1.807, 2.05) is 30.8 Å². The molecule has 0 unspecified atom stereocenters. The number of benzene rings is 1. The maximum atomic E-state index is 13.7. The van der Waals surface area contributed by atoms with Crippen LogP contribution in [0.4, 0.5) is 5.82 Å². The predicted molar refractivity (Wildman–Crippen MR) is 161 cm³/mol. The highest BCUT2D eigenvalue weighted by Gasteiger charge is 2.22. The van der Waals surface area contributed by atoms with Crippen molar-refractivity contribution < 1.29 is 9.59 Å². The first-order chi connectivity index (χ1) is 19.2. The average molecular weight is 541 g/mol. The molecule has 5 rings (SSSR count). The van der Waals surface area contributed by atoms with E-state index in [0.29, 0.717) is 24.9 Å². The van der Waals surface area contributed by atoms with Crippen LogP contribution in [0.1, 0.15) is 63.4 Å². The lowest BCUT2D eigenvalue weighted by Crippen LogP contribution is -2.48. The molecule has 0 radical (unpaired) electrons. The zero-order valence-electron chi connectivity index (χ0n) is 24.1. The van der Waals surface area contributed by atoms with E-state index in [-0.39, 0.29) is 24.0 Å². The molecule has 0 bridgehead atoms. The van der Waals surface area contributed by atoms with Gasteiger partial charge in [0.15, 0.2) is 11.6 Å². The second kappa shape index (κ2) is 11.9. The minimum atomic E-state index is 0.0226. The molecule has 1 aliphatic carbocycles. The van der Waals surface area contributed by atoms with E-state index in [9.17, 15) is 9.59 Å². The molecule has 1 aliphatic heterocycles. The second-order valence-electron chi connectivity index (χ2n) is 11.3. The summed E-state index contributed by atoms with van der Waals surface area (Å²) in [6.07, 6.45) is 6.92. The fourth-order valence-corrected chi connectivity index (χ4v) is 5.88. The maximum Gasteiger partial charge on any atom is 0.163 e. The highest BCUT2D eigenvalue weighted by molar-refractivity contribution is 6.09. The Kier molecular flexibility index (Phi) is 8.28. The number of carbonyl (C=O) groups excluding carboxylic acids is 2. The van der Waals surface area contributed by atoms with Gasteiger partial charge in [-0.15, -0.1) is 0 Å². The molecular formula is C32H40N6O2. The summed E-state index contributed by atoms with van der Waals surface area (Å²) >= 11 is 0. The molecule has 2 N–H and O–H groups in total. The van der Waals surface area contributed by atoms with Crippen molar-refractivity contribution in [2.45, 2.75) is 53.0 Å². The molecular weight excluding hydrogens is 500 g/mol. The number of Topliss-reactive ketones (excluding diaryl/α,β-unsaturated/α-hetero) is 2. The Morgan fingerprint density at radius 1 is 1.05 bits per heavy atom. The Morgan fingerprint density at radius 2 is 1.82 bits per heavy atom. The van der Waals surface area contributed by atoms with E-state index in [2.05, 4.69) is 53.0 Å². The number of rotatable bonds is 9. The quantitative estimate of drug-likeness (QED) is 0.383. The lowest BCUT2D eigenvalue weighted by atomic mass is 9.88. The number of hydrogen-bond donors (Lipinski definition) is 1. The molecule has 40 heavy (non-hydrogen) atoms. The van der Waals surface area contributed by atoms with Gasteiger partial charge in [0.1, 0.15) is 5.82 Å². The van der Waals surface area contributed by atoms with Crippen LogP contribution in [0.15, 0.2) is 59.5 Å². The summed E-state index contributed by atoms with van der Waals surface area (Å²) in [5, 5.41) is 5.45. The number of pyridine rings is 1. The van der Waals surface area contributed by atoms with Crippen molar-refractivity contribution in [2.75, 3.05) is 44.2 Å². The van der Waals surface area contributed by atoms with Gasteiger partial charge >= 0.3 is 0 Å².